The number of morpholine rings is 1. The number of carbonyl (C=O) groups is 2. The number of hydrogen-bond donors (Lipinski definition) is 2. The van der Waals surface area contributed by atoms with Crippen molar-refractivity contribution in [2.75, 3.05) is 53.0 Å². The van der Waals surface area contributed by atoms with E-state index in [0.717, 1.165) is 39.1 Å². The molecule has 1 aliphatic heterocycles. The van der Waals surface area contributed by atoms with Gasteiger partial charge in [-0.2, -0.15) is 0 Å². The van der Waals surface area contributed by atoms with Gasteiger partial charge in [-0.3, -0.25) is 19.4 Å². The minimum atomic E-state index is -0.837. The zero-order chi connectivity index (χ0) is 17.4. The summed E-state index contributed by atoms with van der Waals surface area (Å²) in [4.78, 5) is 27.1. The number of carbonyl (C=O) groups excluding carboxylic acids is 1. The summed E-state index contributed by atoms with van der Waals surface area (Å²) >= 11 is 0. The van der Waals surface area contributed by atoms with Gasteiger partial charge in [0.1, 0.15) is 0 Å². The Labute approximate surface area is 144 Å². The smallest absolute Gasteiger partial charge is 0.304 e. The maximum Gasteiger partial charge on any atom is 0.304 e. The zero-order valence-electron chi connectivity index (χ0n) is 14.8. The topological polar surface area (TPSA) is 82.1 Å². The molecule has 2 aliphatic rings. The van der Waals surface area contributed by atoms with Gasteiger partial charge in [0.2, 0.25) is 5.91 Å². The summed E-state index contributed by atoms with van der Waals surface area (Å²) in [6.07, 6.45) is 6.02. The summed E-state index contributed by atoms with van der Waals surface area (Å²) in [7, 11) is 1.78. The quantitative estimate of drug-likeness (QED) is 0.671. The van der Waals surface area contributed by atoms with Crippen LogP contribution in [0.1, 0.15) is 38.5 Å². The number of likely N-dealkylation sites (N-methyl/N-ethyl adjacent to an activating group) is 1. The highest BCUT2D eigenvalue weighted by Gasteiger charge is 2.38. The van der Waals surface area contributed by atoms with Crippen LogP contribution in [0.2, 0.25) is 0 Å². The van der Waals surface area contributed by atoms with Crippen molar-refractivity contribution in [1.29, 1.82) is 0 Å². The number of ether oxygens (including phenoxy) is 1. The second-order valence-corrected chi connectivity index (χ2v) is 7.04. The van der Waals surface area contributed by atoms with E-state index in [1.54, 1.807) is 11.9 Å². The van der Waals surface area contributed by atoms with Crippen LogP contribution in [0.4, 0.5) is 0 Å². The average Bonchev–Trinajstić information content (AvgIpc) is 2.60. The molecule has 1 saturated carbocycles. The number of rotatable bonds is 8. The molecule has 0 aromatic heterocycles. The first-order valence-corrected chi connectivity index (χ1v) is 9.02. The maximum absolute atomic E-state index is 12.2. The molecule has 7 heteroatoms. The van der Waals surface area contributed by atoms with Crippen LogP contribution in [-0.2, 0) is 14.3 Å². The maximum atomic E-state index is 12.2. The molecule has 2 fully saturated rings. The lowest BCUT2D eigenvalue weighted by Gasteiger charge is -2.48. The van der Waals surface area contributed by atoms with Crippen molar-refractivity contribution < 1.29 is 19.4 Å². The average molecular weight is 341 g/mol. The van der Waals surface area contributed by atoms with Crippen molar-refractivity contribution in [3.8, 4) is 0 Å². The lowest BCUT2D eigenvalue weighted by atomic mass is 9.79. The second kappa shape index (κ2) is 9.34. The van der Waals surface area contributed by atoms with E-state index in [0.29, 0.717) is 13.1 Å². The number of nitrogens with one attached hydrogen (secondary N) is 1. The summed E-state index contributed by atoms with van der Waals surface area (Å²) in [5, 5.41) is 11.8. The van der Waals surface area contributed by atoms with Crippen LogP contribution in [0, 0.1) is 0 Å². The summed E-state index contributed by atoms with van der Waals surface area (Å²) in [6.45, 7) is 4.73. The van der Waals surface area contributed by atoms with Gasteiger partial charge >= 0.3 is 5.97 Å². The van der Waals surface area contributed by atoms with Crippen LogP contribution in [-0.4, -0.2) is 85.3 Å². The number of aliphatic carboxylic acids is 1. The first kappa shape index (κ1) is 19.1. The Bertz CT molecular complexity index is 418. The van der Waals surface area contributed by atoms with Crippen molar-refractivity contribution in [3.05, 3.63) is 0 Å². The van der Waals surface area contributed by atoms with Gasteiger partial charge in [-0.05, 0) is 19.9 Å². The molecule has 1 aliphatic carbocycles. The molecule has 0 spiro atoms. The summed E-state index contributed by atoms with van der Waals surface area (Å²) in [5.74, 6) is -0.864. The van der Waals surface area contributed by atoms with Gasteiger partial charge in [0.25, 0.3) is 0 Å². The van der Waals surface area contributed by atoms with Crippen LogP contribution < -0.4 is 5.32 Å². The molecule has 0 aromatic carbocycles. The van der Waals surface area contributed by atoms with Crippen LogP contribution in [0.25, 0.3) is 0 Å². The standard InChI is InChI=1S/C17H31N3O4/c1-19(8-5-16(22)23)13-15(21)18-14-17(6-3-2-4-7-17)20-9-11-24-12-10-20/h2-14H2,1H3,(H,18,21)(H,22,23). The van der Waals surface area contributed by atoms with Gasteiger partial charge in [0, 0.05) is 31.7 Å². The molecule has 0 radical (unpaired) electrons. The third kappa shape index (κ3) is 5.72. The highest BCUT2D eigenvalue weighted by molar-refractivity contribution is 5.78. The Morgan fingerprint density at radius 3 is 2.50 bits per heavy atom. The fourth-order valence-corrected chi connectivity index (χ4v) is 3.78. The van der Waals surface area contributed by atoms with E-state index in [9.17, 15) is 9.59 Å². The Hall–Kier alpha value is -1.18. The molecule has 7 nitrogen and oxygen atoms in total. The number of nitrogens with zero attached hydrogens (tertiary/aromatic N) is 2. The highest BCUT2D eigenvalue weighted by atomic mass is 16.5. The van der Waals surface area contributed by atoms with E-state index in [4.69, 9.17) is 9.84 Å². The van der Waals surface area contributed by atoms with Crippen LogP contribution in [0.3, 0.4) is 0 Å². The Morgan fingerprint density at radius 1 is 1.21 bits per heavy atom. The fraction of sp³-hybridized carbons (Fsp3) is 0.882. The van der Waals surface area contributed by atoms with Gasteiger partial charge in [-0.1, -0.05) is 19.3 Å². The number of carboxylic acid groups (broad SMARTS) is 1. The summed E-state index contributed by atoms with van der Waals surface area (Å²) < 4.78 is 5.48. The van der Waals surface area contributed by atoms with E-state index in [1.807, 2.05) is 0 Å². The zero-order valence-corrected chi connectivity index (χ0v) is 14.8. The largest absolute Gasteiger partial charge is 0.481 e. The van der Waals surface area contributed by atoms with E-state index >= 15 is 0 Å². The molecule has 0 aromatic rings. The van der Waals surface area contributed by atoms with Crippen LogP contribution >= 0.6 is 0 Å². The predicted octanol–water partition coefficient (Wildman–Crippen LogP) is 0.544. The molecule has 1 saturated heterocycles. The summed E-state index contributed by atoms with van der Waals surface area (Å²) in [6, 6.07) is 0. The van der Waals surface area contributed by atoms with Crippen molar-refractivity contribution in [1.82, 2.24) is 15.1 Å². The molecule has 24 heavy (non-hydrogen) atoms. The van der Waals surface area contributed by atoms with E-state index in [2.05, 4.69) is 10.2 Å². The Balaban J connectivity index is 1.83. The second-order valence-electron chi connectivity index (χ2n) is 7.04. The molecule has 138 valence electrons. The van der Waals surface area contributed by atoms with Crippen molar-refractivity contribution in [3.63, 3.8) is 0 Å². The van der Waals surface area contributed by atoms with Crippen LogP contribution in [0.5, 0.6) is 0 Å². The van der Waals surface area contributed by atoms with Gasteiger partial charge in [0.05, 0.1) is 26.2 Å². The number of amides is 1. The van der Waals surface area contributed by atoms with Gasteiger partial charge in [-0.15, -0.1) is 0 Å². The lowest BCUT2D eigenvalue weighted by molar-refractivity contribution is -0.137. The molecule has 1 amide bonds. The molecule has 1 heterocycles. The molecule has 2 N–H and O–H groups in total. The van der Waals surface area contributed by atoms with Gasteiger partial charge in [-0.25, -0.2) is 0 Å². The van der Waals surface area contributed by atoms with E-state index in [1.165, 1.54) is 19.3 Å². The molecule has 2 rings (SSSR count). The third-order valence-electron chi connectivity index (χ3n) is 5.20. The highest BCUT2D eigenvalue weighted by Crippen LogP contribution is 2.33. The third-order valence-corrected chi connectivity index (χ3v) is 5.20. The van der Waals surface area contributed by atoms with E-state index < -0.39 is 5.97 Å². The van der Waals surface area contributed by atoms with Gasteiger partial charge < -0.3 is 15.2 Å². The van der Waals surface area contributed by atoms with Gasteiger partial charge in [0.15, 0.2) is 0 Å². The normalized spacial score (nSPS) is 21.6. The number of carboxylic acids is 1. The molecule has 0 atom stereocenters. The van der Waals surface area contributed by atoms with Crippen molar-refractivity contribution in [2.24, 2.45) is 0 Å². The minimum Gasteiger partial charge on any atom is -0.481 e. The lowest BCUT2D eigenvalue weighted by Crippen LogP contribution is -2.60. The summed E-state index contributed by atoms with van der Waals surface area (Å²) in [5.41, 5.74) is 0.0668. The first-order valence-electron chi connectivity index (χ1n) is 9.02. The van der Waals surface area contributed by atoms with Crippen LogP contribution in [0.15, 0.2) is 0 Å². The molecule has 0 unspecified atom stereocenters. The molecule has 0 bridgehead atoms. The van der Waals surface area contributed by atoms with E-state index in [-0.39, 0.29) is 24.4 Å². The predicted molar refractivity (Wildman–Crippen MR) is 91.0 cm³/mol. The fourth-order valence-electron chi connectivity index (χ4n) is 3.78. The Morgan fingerprint density at radius 2 is 1.88 bits per heavy atom. The SMILES string of the molecule is CN(CCC(=O)O)CC(=O)NCC1(N2CCOCC2)CCCCC1. The van der Waals surface area contributed by atoms with Crippen molar-refractivity contribution in [2.45, 2.75) is 44.1 Å². The Kier molecular flexibility index (Phi) is 7.45. The first-order chi connectivity index (χ1) is 11.5. The number of hydrogen-bond acceptors (Lipinski definition) is 5. The molecular formula is C17H31N3O4. The molecular weight excluding hydrogens is 310 g/mol. The van der Waals surface area contributed by atoms with Crippen molar-refractivity contribution >= 4 is 11.9 Å². The monoisotopic (exact) mass is 341 g/mol. The minimum absolute atomic E-state index is 0.0268.